The quantitative estimate of drug-likeness (QED) is 0.839. The number of methoxy groups -OCH3 is 1. The van der Waals surface area contributed by atoms with Crippen LogP contribution in [-0.4, -0.2) is 67.3 Å². The van der Waals surface area contributed by atoms with E-state index in [1.807, 2.05) is 12.1 Å². The third-order valence-corrected chi connectivity index (χ3v) is 6.42. The molecule has 2 aromatic rings. The molecule has 1 N–H and O–H groups in total. The highest BCUT2D eigenvalue weighted by molar-refractivity contribution is 5.53. The molecule has 0 spiro atoms. The molecule has 2 saturated heterocycles. The Labute approximate surface area is 174 Å². The van der Waals surface area contributed by atoms with Gasteiger partial charge in [0.2, 0.25) is 0 Å². The van der Waals surface area contributed by atoms with Crippen LogP contribution in [0.4, 0.5) is 5.69 Å². The van der Waals surface area contributed by atoms with Crippen molar-refractivity contribution in [2.45, 2.75) is 32.4 Å². The number of piperazine rings is 1. The van der Waals surface area contributed by atoms with Gasteiger partial charge in [0.25, 0.3) is 0 Å². The molecule has 0 aliphatic carbocycles. The summed E-state index contributed by atoms with van der Waals surface area (Å²) in [5.41, 5.74) is 3.96. The number of aromatic hydroxyl groups is 1. The van der Waals surface area contributed by atoms with E-state index < -0.39 is 0 Å². The van der Waals surface area contributed by atoms with Gasteiger partial charge in [-0.2, -0.15) is 0 Å². The van der Waals surface area contributed by atoms with E-state index in [-0.39, 0.29) is 5.75 Å². The minimum absolute atomic E-state index is 0.208. The summed E-state index contributed by atoms with van der Waals surface area (Å²) < 4.78 is 5.26. The molecule has 0 radical (unpaired) electrons. The van der Waals surface area contributed by atoms with E-state index in [2.05, 4.69) is 45.9 Å². The van der Waals surface area contributed by atoms with Crippen LogP contribution in [0.5, 0.6) is 11.5 Å². The van der Waals surface area contributed by atoms with E-state index in [9.17, 15) is 5.11 Å². The predicted octanol–water partition coefficient (Wildman–Crippen LogP) is 3.50. The molecule has 5 nitrogen and oxygen atoms in total. The Morgan fingerprint density at radius 2 is 1.83 bits per heavy atom. The molecule has 5 heteroatoms. The lowest BCUT2D eigenvalue weighted by Gasteiger charge is -2.44. The number of ether oxygens (including phenoxy) is 1. The first-order chi connectivity index (χ1) is 14.1. The molecule has 0 aromatic heterocycles. The van der Waals surface area contributed by atoms with Crippen LogP contribution in [0.1, 0.15) is 24.0 Å². The lowest BCUT2D eigenvalue weighted by atomic mass is 10.0. The van der Waals surface area contributed by atoms with Gasteiger partial charge in [-0.05, 0) is 55.6 Å². The molecule has 1 atom stereocenters. The number of piperidine rings is 1. The number of anilines is 1. The summed E-state index contributed by atoms with van der Waals surface area (Å²) in [4.78, 5) is 7.78. The van der Waals surface area contributed by atoms with Crippen molar-refractivity contribution in [3.63, 3.8) is 0 Å². The minimum atomic E-state index is 0.208. The van der Waals surface area contributed by atoms with Crippen molar-refractivity contribution in [2.24, 2.45) is 0 Å². The Kier molecular flexibility index (Phi) is 6.26. The predicted molar refractivity (Wildman–Crippen MR) is 118 cm³/mol. The Balaban J connectivity index is 1.33. The number of phenols is 1. The Bertz CT molecular complexity index is 818. The third-order valence-electron chi connectivity index (χ3n) is 6.42. The van der Waals surface area contributed by atoms with Gasteiger partial charge in [0, 0.05) is 51.0 Å². The number of aryl methyl sites for hydroxylation is 1. The molecule has 0 saturated carbocycles. The summed E-state index contributed by atoms with van der Waals surface area (Å²) in [6.45, 7) is 9.87. The van der Waals surface area contributed by atoms with E-state index in [1.165, 1.54) is 29.7 Å². The van der Waals surface area contributed by atoms with Gasteiger partial charge in [-0.25, -0.2) is 0 Å². The normalized spacial score (nSPS) is 21.3. The first kappa shape index (κ1) is 20.0. The van der Waals surface area contributed by atoms with Crippen LogP contribution >= 0.6 is 0 Å². The summed E-state index contributed by atoms with van der Waals surface area (Å²) in [5, 5.41) is 9.82. The smallest absolute Gasteiger partial charge is 0.160 e. The van der Waals surface area contributed by atoms with Crippen molar-refractivity contribution in [1.29, 1.82) is 0 Å². The van der Waals surface area contributed by atoms with Crippen molar-refractivity contribution in [2.75, 3.05) is 51.3 Å². The number of para-hydroxylation sites is 1. The van der Waals surface area contributed by atoms with Gasteiger partial charge in [-0.1, -0.05) is 24.3 Å². The van der Waals surface area contributed by atoms with Gasteiger partial charge in [0.1, 0.15) is 0 Å². The highest BCUT2D eigenvalue weighted by Gasteiger charge is 2.28. The van der Waals surface area contributed by atoms with Crippen molar-refractivity contribution in [3.8, 4) is 11.5 Å². The zero-order valence-electron chi connectivity index (χ0n) is 17.7. The number of benzene rings is 2. The second-order valence-electron chi connectivity index (χ2n) is 8.35. The number of phenolic OH excluding ortho intramolecular Hbond substituents is 1. The lowest BCUT2D eigenvalue weighted by molar-refractivity contribution is 0.0887. The minimum Gasteiger partial charge on any atom is -0.504 e. The molecular formula is C24H33N3O2. The van der Waals surface area contributed by atoms with E-state index in [4.69, 9.17) is 4.74 Å². The topological polar surface area (TPSA) is 39.2 Å². The van der Waals surface area contributed by atoms with Gasteiger partial charge >= 0.3 is 0 Å². The SMILES string of the molecule is COc1cc(CN2CCC[C@H](N3CCN(c4ccccc4C)CC3)C2)ccc1O. The molecule has 2 heterocycles. The average molecular weight is 396 g/mol. The second-order valence-corrected chi connectivity index (χ2v) is 8.35. The van der Waals surface area contributed by atoms with Gasteiger partial charge < -0.3 is 14.7 Å². The molecule has 0 bridgehead atoms. The number of likely N-dealkylation sites (tertiary alicyclic amines) is 1. The molecule has 4 rings (SSSR count). The molecular weight excluding hydrogens is 362 g/mol. The third kappa shape index (κ3) is 4.68. The summed E-state index contributed by atoms with van der Waals surface area (Å²) in [7, 11) is 1.60. The van der Waals surface area contributed by atoms with E-state index >= 15 is 0 Å². The summed E-state index contributed by atoms with van der Waals surface area (Å²) in [6, 6.07) is 15.1. The molecule has 2 fully saturated rings. The van der Waals surface area contributed by atoms with Crippen LogP contribution in [-0.2, 0) is 6.54 Å². The maximum atomic E-state index is 9.82. The molecule has 156 valence electrons. The first-order valence-electron chi connectivity index (χ1n) is 10.8. The number of hydrogen-bond acceptors (Lipinski definition) is 5. The fraction of sp³-hybridized carbons (Fsp3) is 0.500. The van der Waals surface area contributed by atoms with Crippen molar-refractivity contribution in [1.82, 2.24) is 9.80 Å². The highest BCUT2D eigenvalue weighted by atomic mass is 16.5. The van der Waals surface area contributed by atoms with E-state index in [0.29, 0.717) is 11.8 Å². The fourth-order valence-corrected chi connectivity index (χ4v) is 4.80. The van der Waals surface area contributed by atoms with E-state index in [0.717, 1.165) is 45.8 Å². The molecule has 2 aromatic carbocycles. The van der Waals surface area contributed by atoms with Crippen molar-refractivity contribution in [3.05, 3.63) is 53.6 Å². The van der Waals surface area contributed by atoms with Crippen molar-refractivity contribution >= 4 is 5.69 Å². The zero-order chi connectivity index (χ0) is 20.2. The maximum Gasteiger partial charge on any atom is 0.160 e. The lowest BCUT2D eigenvalue weighted by Crippen LogP contribution is -2.55. The molecule has 2 aliphatic rings. The Morgan fingerprint density at radius 1 is 1.03 bits per heavy atom. The second kappa shape index (κ2) is 9.06. The van der Waals surface area contributed by atoms with Gasteiger partial charge in [0.15, 0.2) is 11.5 Å². The van der Waals surface area contributed by atoms with Gasteiger partial charge in [-0.15, -0.1) is 0 Å². The molecule has 29 heavy (non-hydrogen) atoms. The number of nitrogens with zero attached hydrogens (tertiary/aromatic N) is 3. The van der Waals surface area contributed by atoms with Crippen LogP contribution < -0.4 is 9.64 Å². The summed E-state index contributed by atoms with van der Waals surface area (Å²) in [5.74, 6) is 0.766. The van der Waals surface area contributed by atoms with E-state index in [1.54, 1.807) is 13.2 Å². The Hall–Kier alpha value is -2.24. The van der Waals surface area contributed by atoms with Crippen LogP contribution in [0.25, 0.3) is 0 Å². The molecule has 0 unspecified atom stereocenters. The number of hydrogen-bond donors (Lipinski definition) is 1. The van der Waals surface area contributed by atoms with Crippen LogP contribution in [0.2, 0.25) is 0 Å². The monoisotopic (exact) mass is 395 g/mol. The molecule has 2 aliphatic heterocycles. The zero-order valence-corrected chi connectivity index (χ0v) is 17.7. The van der Waals surface area contributed by atoms with Crippen LogP contribution in [0.3, 0.4) is 0 Å². The Morgan fingerprint density at radius 3 is 2.59 bits per heavy atom. The van der Waals surface area contributed by atoms with Gasteiger partial charge in [0.05, 0.1) is 7.11 Å². The van der Waals surface area contributed by atoms with Crippen LogP contribution in [0.15, 0.2) is 42.5 Å². The fourth-order valence-electron chi connectivity index (χ4n) is 4.80. The van der Waals surface area contributed by atoms with Crippen molar-refractivity contribution < 1.29 is 9.84 Å². The summed E-state index contributed by atoms with van der Waals surface area (Å²) >= 11 is 0. The highest BCUT2D eigenvalue weighted by Crippen LogP contribution is 2.28. The number of rotatable bonds is 5. The molecule has 0 amide bonds. The largest absolute Gasteiger partial charge is 0.504 e. The summed E-state index contributed by atoms with van der Waals surface area (Å²) in [6.07, 6.45) is 2.54. The van der Waals surface area contributed by atoms with Crippen LogP contribution in [0, 0.1) is 6.92 Å². The first-order valence-corrected chi connectivity index (χ1v) is 10.8. The van der Waals surface area contributed by atoms with Gasteiger partial charge in [-0.3, -0.25) is 9.80 Å². The average Bonchev–Trinajstić information content (AvgIpc) is 2.76. The standard InChI is InChI=1S/C24H33N3O2/c1-19-6-3-4-8-22(19)27-14-12-26(13-15-27)21-7-5-11-25(18-21)17-20-9-10-23(28)24(16-20)29-2/h3-4,6,8-10,16,21,28H,5,7,11-15,17-18H2,1-2H3/t21-/m0/s1. The maximum absolute atomic E-state index is 9.82.